The van der Waals surface area contributed by atoms with E-state index in [9.17, 15) is 0 Å². The van der Waals surface area contributed by atoms with Crippen LogP contribution in [0.15, 0.2) is 30.3 Å². The van der Waals surface area contributed by atoms with Crippen molar-refractivity contribution in [2.24, 2.45) is 0 Å². The summed E-state index contributed by atoms with van der Waals surface area (Å²) in [6.07, 6.45) is 15.2. The van der Waals surface area contributed by atoms with E-state index in [4.69, 9.17) is 4.43 Å². The maximum absolute atomic E-state index is 6.71. The van der Waals surface area contributed by atoms with Crippen molar-refractivity contribution in [3.63, 3.8) is 0 Å². The smallest absolute Gasteiger partial charge is 0.218 e. The molecular formula is C22H40OSi. The van der Waals surface area contributed by atoms with Gasteiger partial charge in [0.05, 0.1) is 0 Å². The van der Waals surface area contributed by atoms with E-state index >= 15 is 0 Å². The molecule has 1 rings (SSSR count). The molecule has 0 fully saturated rings. The second-order valence-electron chi connectivity index (χ2n) is 7.67. The van der Waals surface area contributed by atoms with Crippen LogP contribution in [-0.2, 0) is 4.43 Å². The van der Waals surface area contributed by atoms with Crippen molar-refractivity contribution in [3.8, 4) is 0 Å². The predicted octanol–water partition coefficient (Wildman–Crippen LogP) is 6.81. The molecule has 138 valence electrons. The molecule has 0 saturated carbocycles. The van der Waals surface area contributed by atoms with Gasteiger partial charge in [0, 0.05) is 6.10 Å². The lowest BCUT2D eigenvalue weighted by molar-refractivity contribution is 0.169. The predicted molar refractivity (Wildman–Crippen MR) is 111 cm³/mol. The maximum Gasteiger partial charge on any atom is 0.218 e. The number of hydrogen-bond donors (Lipinski definition) is 0. The maximum atomic E-state index is 6.71. The van der Waals surface area contributed by atoms with Crippen LogP contribution in [-0.4, -0.2) is 14.4 Å². The Labute approximate surface area is 152 Å². The molecule has 0 aliphatic carbocycles. The van der Waals surface area contributed by atoms with Crippen molar-refractivity contribution in [1.29, 1.82) is 0 Å². The average Bonchev–Trinajstić information content (AvgIpc) is 2.59. The van der Waals surface area contributed by atoms with Gasteiger partial charge in [0.1, 0.15) is 0 Å². The van der Waals surface area contributed by atoms with Crippen LogP contribution in [0.3, 0.4) is 0 Å². The zero-order valence-corrected chi connectivity index (χ0v) is 17.7. The van der Waals surface area contributed by atoms with Crippen molar-refractivity contribution in [2.45, 2.75) is 104 Å². The van der Waals surface area contributed by atoms with Gasteiger partial charge in [-0.05, 0) is 31.1 Å². The number of rotatable bonds is 14. The van der Waals surface area contributed by atoms with E-state index in [1.165, 1.54) is 75.8 Å². The second-order valence-corrected chi connectivity index (χ2v) is 11.5. The molecule has 0 N–H and O–H groups in total. The monoisotopic (exact) mass is 348 g/mol. The molecule has 0 amide bonds. The number of hydrogen-bond acceptors (Lipinski definition) is 1. The molecule has 0 saturated heterocycles. The topological polar surface area (TPSA) is 9.23 Å². The molecule has 2 heteroatoms. The highest BCUT2D eigenvalue weighted by molar-refractivity contribution is 6.84. The summed E-state index contributed by atoms with van der Waals surface area (Å²) in [7, 11) is -1.78. The zero-order chi connectivity index (χ0) is 17.7. The minimum atomic E-state index is -1.78. The third-order valence-corrected chi connectivity index (χ3v) is 7.59. The van der Waals surface area contributed by atoms with Crippen LogP contribution in [0.4, 0.5) is 0 Å². The first-order valence-electron chi connectivity index (χ1n) is 10.3. The summed E-state index contributed by atoms with van der Waals surface area (Å²) in [6, 6.07) is 10.9. The average molecular weight is 349 g/mol. The van der Waals surface area contributed by atoms with E-state index in [1.807, 2.05) is 0 Å². The fourth-order valence-corrected chi connectivity index (χ4v) is 5.55. The van der Waals surface area contributed by atoms with Crippen molar-refractivity contribution >= 4 is 13.5 Å². The lowest BCUT2D eigenvalue weighted by Crippen LogP contribution is -2.47. The molecule has 0 bridgehead atoms. The first-order valence-corrected chi connectivity index (χ1v) is 13.2. The molecule has 0 radical (unpaired) electrons. The first kappa shape index (κ1) is 21.4. The van der Waals surface area contributed by atoms with Crippen LogP contribution in [0.5, 0.6) is 0 Å². The largest absolute Gasteiger partial charge is 0.410 e. The molecule has 0 aliphatic heterocycles. The Bertz CT molecular complexity index is 402. The summed E-state index contributed by atoms with van der Waals surface area (Å²) in [6.45, 7) is 9.27. The summed E-state index contributed by atoms with van der Waals surface area (Å²) in [5, 5.41) is 1.42. The van der Waals surface area contributed by atoms with Gasteiger partial charge in [0.15, 0.2) is 0 Å². The fraction of sp³-hybridized carbons (Fsp3) is 0.727. The van der Waals surface area contributed by atoms with Gasteiger partial charge in [-0.25, -0.2) is 0 Å². The van der Waals surface area contributed by atoms with Crippen LogP contribution in [0.2, 0.25) is 13.1 Å². The summed E-state index contributed by atoms with van der Waals surface area (Å²) in [4.78, 5) is 0. The third-order valence-electron chi connectivity index (χ3n) is 4.94. The van der Waals surface area contributed by atoms with E-state index in [0.717, 1.165) is 0 Å². The van der Waals surface area contributed by atoms with E-state index < -0.39 is 8.32 Å². The SMILES string of the molecule is CCCCCCCCCC(CCCC)O[Si](C)(C)c1ccccc1. The van der Waals surface area contributed by atoms with Gasteiger partial charge in [-0.3, -0.25) is 0 Å². The molecule has 1 unspecified atom stereocenters. The van der Waals surface area contributed by atoms with E-state index in [1.54, 1.807) is 0 Å². The molecular weight excluding hydrogens is 308 g/mol. The van der Waals surface area contributed by atoms with Gasteiger partial charge in [-0.1, -0.05) is 102 Å². The van der Waals surface area contributed by atoms with Crippen LogP contribution >= 0.6 is 0 Å². The van der Waals surface area contributed by atoms with E-state index in [-0.39, 0.29) is 0 Å². The van der Waals surface area contributed by atoms with Gasteiger partial charge in [0.2, 0.25) is 8.32 Å². The summed E-state index contributed by atoms with van der Waals surface area (Å²) >= 11 is 0. The molecule has 0 spiro atoms. The van der Waals surface area contributed by atoms with Gasteiger partial charge in [-0.15, -0.1) is 0 Å². The van der Waals surface area contributed by atoms with Crippen molar-refractivity contribution in [1.82, 2.24) is 0 Å². The summed E-state index contributed by atoms with van der Waals surface area (Å²) in [5.41, 5.74) is 0. The van der Waals surface area contributed by atoms with Gasteiger partial charge in [-0.2, -0.15) is 0 Å². The third kappa shape index (κ3) is 9.03. The molecule has 0 aliphatic rings. The minimum absolute atomic E-state index is 0.461. The fourth-order valence-electron chi connectivity index (χ4n) is 3.35. The van der Waals surface area contributed by atoms with Gasteiger partial charge < -0.3 is 4.43 Å². The normalized spacial score (nSPS) is 13.2. The zero-order valence-electron chi connectivity index (χ0n) is 16.7. The lowest BCUT2D eigenvalue weighted by Gasteiger charge is -2.30. The highest BCUT2D eigenvalue weighted by Crippen LogP contribution is 2.19. The summed E-state index contributed by atoms with van der Waals surface area (Å²) in [5.74, 6) is 0. The Morgan fingerprint density at radius 1 is 0.750 bits per heavy atom. The van der Waals surface area contributed by atoms with Crippen molar-refractivity contribution in [2.75, 3.05) is 0 Å². The first-order chi connectivity index (χ1) is 11.6. The Hall–Kier alpha value is -0.603. The lowest BCUT2D eigenvalue weighted by atomic mass is 10.0. The molecule has 0 heterocycles. The molecule has 1 nitrogen and oxygen atoms in total. The molecule has 1 aromatic carbocycles. The van der Waals surface area contributed by atoms with Crippen molar-refractivity contribution in [3.05, 3.63) is 30.3 Å². The minimum Gasteiger partial charge on any atom is -0.410 e. The van der Waals surface area contributed by atoms with Crippen LogP contribution < -0.4 is 5.19 Å². The molecule has 24 heavy (non-hydrogen) atoms. The molecule has 1 atom stereocenters. The number of unbranched alkanes of at least 4 members (excludes halogenated alkanes) is 7. The van der Waals surface area contributed by atoms with Gasteiger partial charge in [0.25, 0.3) is 0 Å². The Morgan fingerprint density at radius 3 is 1.92 bits per heavy atom. The summed E-state index contributed by atoms with van der Waals surface area (Å²) < 4.78 is 6.71. The molecule has 1 aromatic rings. The highest BCUT2D eigenvalue weighted by Gasteiger charge is 2.28. The quantitative estimate of drug-likeness (QED) is 0.265. The standard InChI is InChI=1S/C22H40OSi/c1-5-7-9-10-11-12-14-18-21(17-8-6-2)23-24(3,4)22-19-15-13-16-20-22/h13,15-16,19-21H,5-12,14,17-18H2,1-4H3. The van der Waals surface area contributed by atoms with Crippen LogP contribution in [0.25, 0.3) is 0 Å². The van der Waals surface area contributed by atoms with Crippen LogP contribution in [0, 0.1) is 0 Å². The Kier molecular flexibility index (Phi) is 11.4. The Morgan fingerprint density at radius 2 is 1.29 bits per heavy atom. The second kappa shape index (κ2) is 12.7. The van der Waals surface area contributed by atoms with Crippen LogP contribution in [0.1, 0.15) is 84.5 Å². The van der Waals surface area contributed by atoms with E-state index in [2.05, 4.69) is 57.3 Å². The van der Waals surface area contributed by atoms with Gasteiger partial charge >= 0.3 is 0 Å². The highest BCUT2D eigenvalue weighted by atomic mass is 28.4. The number of benzene rings is 1. The Balaban J connectivity index is 2.41. The van der Waals surface area contributed by atoms with E-state index in [0.29, 0.717) is 6.10 Å². The molecule has 0 aromatic heterocycles. The van der Waals surface area contributed by atoms with Crippen molar-refractivity contribution < 1.29 is 4.43 Å².